The standard InChI is InChI=1S/C16H12Br2F3N3O2/c1-6-7(2)24(14-12(6)15(25)23-8(3)22-14)13-10(18)4-9(17)5-11(13)26-16(19,20)21/h4-5H,1-3H3,(H,22,23,25). The number of hydrogen-bond donors (Lipinski definition) is 1. The van der Waals surface area contributed by atoms with Crippen molar-refractivity contribution >= 4 is 42.9 Å². The van der Waals surface area contributed by atoms with E-state index in [4.69, 9.17) is 0 Å². The molecule has 0 saturated heterocycles. The summed E-state index contributed by atoms with van der Waals surface area (Å²) in [6.45, 7) is 5.03. The van der Waals surface area contributed by atoms with Gasteiger partial charge in [-0.1, -0.05) is 15.9 Å². The van der Waals surface area contributed by atoms with E-state index in [0.717, 1.165) is 0 Å². The molecule has 10 heteroatoms. The highest BCUT2D eigenvalue weighted by Gasteiger charge is 2.34. The number of nitrogens with one attached hydrogen (secondary N) is 1. The summed E-state index contributed by atoms with van der Waals surface area (Å²) in [6, 6.07) is 2.81. The summed E-state index contributed by atoms with van der Waals surface area (Å²) in [7, 11) is 0. The average molecular weight is 495 g/mol. The molecule has 0 unspecified atom stereocenters. The van der Waals surface area contributed by atoms with E-state index < -0.39 is 12.1 Å². The third kappa shape index (κ3) is 3.27. The van der Waals surface area contributed by atoms with Crippen molar-refractivity contribution in [3.63, 3.8) is 0 Å². The fourth-order valence-electron chi connectivity index (χ4n) is 2.81. The van der Waals surface area contributed by atoms with Gasteiger partial charge in [-0.05, 0) is 54.4 Å². The number of benzene rings is 1. The van der Waals surface area contributed by atoms with Crippen molar-refractivity contribution in [1.82, 2.24) is 14.5 Å². The van der Waals surface area contributed by atoms with Crippen molar-refractivity contribution in [2.24, 2.45) is 0 Å². The van der Waals surface area contributed by atoms with Crippen molar-refractivity contribution in [1.29, 1.82) is 0 Å². The first kappa shape index (κ1) is 19.0. The lowest BCUT2D eigenvalue weighted by molar-refractivity contribution is -0.274. The summed E-state index contributed by atoms with van der Waals surface area (Å²) in [5.74, 6) is -0.0636. The molecule has 0 aliphatic rings. The maximum absolute atomic E-state index is 12.9. The molecule has 0 spiro atoms. The third-order valence-corrected chi connectivity index (χ3v) is 4.99. The van der Waals surface area contributed by atoms with E-state index in [2.05, 4.69) is 46.6 Å². The number of fused-ring (bicyclic) bond motifs is 1. The van der Waals surface area contributed by atoms with Crippen LogP contribution in [-0.4, -0.2) is 20.9 Å². The van der Waals surface area contributed by atoms with Crippen LogP contribution in [0.4, 0.5) is 13.2 Å². The maximum Gasteiger partial charge on any atom is 0.573 e. The van der Waals surface area contributed by atoms with Gasteiger partial charge in [0.1, 0.15) is 11.5 Å². The van der Waals surface area contributed by atoms with Crippen LogP contribution in [0.25, 0.3) is 16.7 Å². The maximum atomic E-state index is 12.9. The van der Waals surface area contributed by atoms with E-state index >= 15 is 0 Å². The van der Waals surface area contributed by atoms with E-state index in [1.54, 1.807) is 26.8 Å². The van der Waals surface area contributed by atoms with Crippen molar-refractivity contribution in [2.45, 2.75) is 27.1 Å². The van der Waals surface area contributed by atoms with Gasteiger partial charge in [0.15, 0.2) is 11.4 Å². The van der Waals surface area contributed by atoms with Crippen molar-refractivity contribution in [3.05, 3.63) is 48.5 Å². The Morgan fingerprint density at radius 2 is 1.85 bits per heavy atom. The highest BCUT2D eigenvalue weighted by Crippen LogP contribution is 2.40. The van der Waals surface area contributed by atoms with Gasteiger partial charge in [0.25, 0.3) is 5.56 Å². The number of aromatic nitrogens is 3. The molecule has 0 bridgehead atoms. The number of aromatic amines is 1. The lowest BCUT2D eigenvalue weighted by Gasteiger charge is -2.18. The first-order valence-corrected chi connectivity index (χ1v) is 8.92. The lowest BCUT2D eigenvalue weighted by Crippen LogP contribution is -2.19. The zero-order chi connectivity index (χ0) is 19.4. The largest absolute Gasteiger partial charge is 0.573 e. The molecule has 0 amide bonds. The molecule has 0 aliphatic heterocycles. The van der Waals surface area contributed by atoms with Gasteiger partial charge in [-0.3, -0.25) is 9.36 Å². The van der Waals surface area contributed by atoms with Crippen LogP contribution in [0.2, 0.25) is 0 Å². The topological polar surface area (TPSA) is 59.9 Å². The number of H-pyrrole nitrogens is 1. The monoisotopic (exact) mass is 493 g/mol. The minimum Gasteiger partial charge on any atom is -0.403 e. The van der Waals surface area contributed by atoms with Crippen molar-refractivity contribution in [3.8, 4) is 11.4 Å². The van der Waals surface area contributed by atoms with Crippen molar-refractivity contribution < 1.29 is 17.9 Å². The molecule has 2 heterocycles. The first-order chi connectivity index (χ1) is 12.0. The molecule has 26 heavy (non-hydrogen) atoms. The first-order valence-electron chi connectivity index (χ1n) is 7.33. The Morgan fingerprint density at radius 1 is 1.19 bits per heavy atom. The Balaban J connectivity index is 2.45. The lowest BCUT2D eigenvalue weighted by atomic mass is 10.2. The summed E-state index contributed by atoms with van der Waals surface area (Å²) >= 11 is 6.46. The molecule has 0 radical (unpaired) electrons. The SMILES string of the molecule is Cc1nc2c(c(C)c(C)n2-c2c(Br)cc(Br)cc2OC(F)(F)F)c(=O)[nH]1. The quantitative estimate of drug-likeness (QED) is 0.541. The number of nitrogens with zero attached hydrogens (tertiary/aromatic N) is 2. The number of alkyl halides is 3. The summed E-state index contributed by atoms with van der Waals surface area (Å²) in [6.07, 6.45) is -4.87. The average Bonchev–Trinajstić information content (AvgIpc) is 2.69. The van der Waals surface area contributed by atoms with Gasteiger partial charge in [0.05, 0.1) is 5.39 Å². The molecule has 0 aliphatic carbocycles. The smallest absolute Gasteiger partial charge is 0.403 e. The second-order valence-electron chi connectivity index (χ2n) is 5.68. The van der Waals surface area contributed by atoms with Crippen LogP contribution in [0.3, 0.4) is 0 Å². The molecule has 5 nitrogen and oxygen atoms in total. The molecule has 138 valence electrons. The van der Waals surface area contributed by atoms with E-state index in [1.165, 1.54) is 10.6 Å². The zero-order valence-corrected chi connectivity index (χ0v) is 16.9. The Labute approximate surface area is 162 Å². The number of hydrogen-bond acceptors (Lipinski definition) is 3. The molecule has 0 saturated carbocycles. The highest BCUT2D eigenvalue weighted by molar-refractivity contribution is 9.11. The van der Waals surface area contributed by atoms with Gasteiger partial charge in [0.2, 0.25) is 0 Å². The summed E-state index contributed by atoms with van der Waals surface area (Å²) in [5.41, 5.74) is 1.23. The Morgan fingerprint density at radius 3 is 2.46 bits per heavy atom. The van der Waals surface area contributed by atoms with E-state index in [1.807, 2.05) is 0 Å². The number of ether oxygens (including phenoxy) is 1. The summed E-state index contributed by atoms with van der Waals surface area (Å²) < 4.78 is 45.2. The van der Waals surface area contributed by atoms with Crippen LogP contribution < -0.4 is 10.3 Å². The van der Waals surface area contributed by atoms with Crippen LogP contribution in [0, 0.1) is 20.8 Å². The van der Waals surface area contributed by atoms with Crippen LogP contribution in [0.15, 0.2) is 25.9 Å². The molecular formula is C16H12Br2F3N3O2. The number of aryl methyl sites for hydroxylation is 2. The molecule has 1 aromatic carbocycles. The fraction of sp³-hybridized carbons (Fsp3) is 0.250. The number of halogens is 5. The van der Waals surface area contributed by atoms with E-state index in [-0.39, 0.29) is 16.9 Å². The van der Waals surface area contributed by atoms with Gasteiger partial charge in [-0.2, -0.15) is 0 Å². The molecule has 2 aromatic heterocycles. The zero-order valence-electron chi connectivity index (χ0n) is 13.8. The number of rotatable bonds is 2. The van der Waals surface area contributed by atoms with Gasteiger partial charge in [-0.15, -0.1) is 13.2 Å². The molecular weight excluding hydrogens is 483 g/mol. The van der Waals surface area contributed by atoms with E-state index in [9.17, 15) is 18.0 Å². The summed E-state index contributed by atoms with van der Waals surface area (Å²) in [4.78, 5) is 19.3. The van der Waals surface area contributed by atoms with Gasteiger partial charge >= 0.3 is 6.36 Å². The van der Waals surface area contributed by atoms with Gasteiger partial charge < -0.3 is 9.72 Å². The van der Waals surface area contributed by atoms with Crippen LogP contribution in [-0.2, 0) is 0 Å². The van der Waals surface area contributed by atoms with Gasteiger partial charge in [0, 0.05) is 14.6 Å². The normalized spacial score (nSPS) is 12.0. The molecule has 0 fully saturated rings. The van der Waals surface area contributed by atoms with Crippen LogP contribution in [0.1, 0.15) is 17.1 Å². The minimum atomic E-state index is -4.87. The molecule has 0 atom stereocenters. The highest BCUT2D eigenvalue weighted by atomic mass is 79.9. The minimum absolute atomic E-state index is 0.110. The Hall–Kier alpha value is -1.81. The third-order valence-electron chi connectivity index (χ3n) is 3.93. The second kappa shape index (κ2) is 6.41. The predicted molar refractivity (Wildman–Crippen MR) is 98.0 cm³/mol. The van der Waals surface area contributed by atoms with E-state index in [0.29, 0.717) is 31.4 Å². The van der Waals surface area contributed by atoms with Crippen molar-refractivity contribution in [2.75, 3.05) is 0 Å². The predicted octanol–water partition coefficient (Wildman–Crippen LogP) is 5.06. The van der Waals surface area contributed by atoms with Crippen LogP contribution >= 0.6 is 31.9 Å². The Bertz CT molecular complexity index is 1090. The van der Waals surface area contributed by atoms with Crippen LogP contribution in [0.5, 0.6) is 5.75 Å². The molecule has 3 aromatic rings. The second-order valence-corrected chi connectivity index (χ2v) is 7.45. The fourth-order valence-corrected chi connectivity index (χ4v) is 4.18. The molecule has 3 rings (SSSR count). The summed E-state index contributed by atoms with van der Waals surface area (Å²) in [5, 5.41) is 0.320. The molecule has 1 N–H and O–H groups in total. The Kier molecular flexibility index (Phi) is 4.68. The van der Waals surface area contributed by atoms with Gasteiger partial charge in [-0.25, -0.2) is 4.98 Å².